The molecule has 4 nitrogen and oxygen atoms in total. The molecule has 0 aliphatic carbocycles. The van der Waals surface area contributed by atoms with Gasteiger partial charge in [-0.05, 0) is 0 Å². The molecule has 6 heteroatoms. The van der Waals surface area contributed by atoms with Crippen molar-refractivity contribution in [3.63, 3.8) is 0 Å². The Morgan fingerprint density at radius 1 is 1.10 bits per heavy atom. The zero-order valence-corrected chi connectivity index (χ0v) is 19.7. The number of hydrogen-bond donors (Lipinski definition) is 1. The monoisotopic (exact) mass is 447 g/mol. The molecule has 30 heavy (non-hydrogen) atoms. The third-order valence-corrected chi connectivity index (χ3v) is 12.4. The molecule has 0 radical (unpaired) electrons. The van der Waals surface area contributed by atoms with E-state index in [1.165, 1.54) is 0 Å². The summed E-state index contributed by atoms with van der Waals surface area (Å²) >= 11 is 6.12. The van der Waals surface area contributed by atoms with Crippen molar-refractivity contribution >= 4 is 36.4 Å². The zero-order valence-electron chi connectivity index (χ0n) is 18.0. The second kappa shape index (κ2) is 9.94. The van der Waals surface area contributed by atoms with E-state index in [2.05, 4.69) is 5.32 Å². The van der Waals surface area contributed by atoms with Gasteiger partial charge >= 0.3 is 185 Å². The van der Waals surface area contributed by atoms with E-state index in [4.69, 9.17) is 16.3 Å². The van der Waals surface area contributed by atoms with Gasteiger partial charge in [0.15, 0.2) is 0 Å². The van der Waals surface area contributed by atoms with Gasteiger partial charge in [0.2, 0.25) is 0 Å². The summed E-state index contributed by atoms with van der Waals surface area (Å²) in [6, 6.07) is 13.4. The molecule has 1 aliphatic rings. The molecule has 1 saturated heterocycles. The fourth-order valence-corrected chi connectivity index (χ4v) is 9.85. The Morgan fingerprint density at radius 3 is 2.30 bits per heavy atom. The summed E-state index contributed by atoms with van der Waals surface area (Å²) in [7, 11) is -2.11. The van der Waals surface area contributed by atoms with E-state index in [0.29, 0.717) is 11.2 Å². The fourth-order valence-electron chi connectivity index (χ4n) is 4.54. The van der Waals surface area contributed by atoms with Crippen LogP contribution >= 0.6 is 18.9 Å². The Bertz CT molecular complexity index is 887. The summed E-state index contributed by atoms with van der Waals surface area (Å²) in [6.45, 7) is 6.18. The van der Waals surface area contributed by atoms with Crippen molar-refractivity contribution in [2.24, 2.45) is 0 Å². The summed E-state index contributed by atoms with van der Waals surface area (Å²) in [4.78, 5) is 25.9. The first kappa shape index (κ1) is 22.8. The summed E-state index contributed by atoms with van der Waals surface area (Å²) in [6.07, 6.45) is 4.60. The first-order valence-corrected chi connectivity index (χ1v) is 13.7. The van der Waals surface area contributed by atoms with Crippen LogP contribution in [0, 0.1) is 13.8 Å². The number of benzene rings is 2. The normalized spacial score (nSPS) is 17.2. The summed E-state index contributed by atoms with van der Waals surface area (Å²) in [5, 5.41) is 3.79. The molecule has 3 rings (SSSR count). The Hall–Kier alpha value is -1.90. The van der Waals surface area contributed by atoms with Gasteiger partial charge in [-0.15, -0.1) is 0 Å². The van der Waals surface area contributed by atoms with Gasteiger partial charge in [0.05, 0.1) is 0 Å². The van der Waals surface area contributed by atoms with Crippen LogP contribution in [0.25, 0.3) is 0 Å². The Morgan fingerprint density at radius 2 is 1.70 bits per heavy atom. The van der Waals surface area contributed by atoms with Crippen LogP contribution in [0.1, 0.15) is 36.5 Å². The van der Waals surface area contributed by atoms with E-state index >= 15 is 0 Å². The van der Waals surface area contributed by atoms with Gasteiger partial charge in [0, 0.05) is 0 Å². The number of aryl methyl sites for hydroxylation is 2. The predicted molar refractivity (Wildman–Crippen MR) is 127 cm³/mol. The zero-order chi connectivity index (χ0) is 21.7. The molecule has 0 saturated carbocycles. The van der Waals surface area contributed by atoms with Gasteiger partial charge < -0.3 is 0 Å². The molecule has 1 unspecified atom stereocenters. The average molecular weight is 448 g/mol. The van der Waals surface area contributed by atoms with Gasteiger partial charge in [-0.1, -0.05) is 0 Å². The molecule has 1 fully saturated rings. The molecule has 2 aromatic carbocycles. The number of carbonyl (C=O) groups excluding carboxylic acids is 2. The molecule has 1 N–H and O–H groups in total. The number of rotatable bonds is 7. The van der Waals surface area contributed by atoms with Crippen LogP contribution in [0.4, 0.5) is 5.69 Å². The maximum atomic E-state index is 13.2. The second-order valence-corrected chi connectivity index (χ2v) is 13.9. The fraction of sp³-hybridized carbons (Fsp3) is 0.417. The van der Waals surface area contributed by atoms with Crippen molar-refractivity contribution in [3.05, 3.63) is 64.2 Å². The standard InChI is InChI=1S/C24H31ClNO3P/c1-17-13-21(25)14-18(2)23(17)26-24(28)19(3)30(11-7-8-12-30)16-22(27)29-15-20-9-5-4-6-10-20/h4-6,9-10,13-14,19,30H,7-8,11-12,15-16H2,1-3H3,(H,26,28). The molecule has 1 amide bonds. The van der Waals surface area contributed by atoms with Crippen LogP contribution in [0.5, 0.6) is 0 Å². The van der Waals surface area contributed by atoms with Gasteiger partial charge in [-0.25, -0.2) is 0 Å². The number of carbonyl (C=O) groups is 2. The predicted octanol–water partition coefficient (Wildman–Crippen LogP) is 5.57. The van der Waals surface area contributed by atoms with E-state index in [1.54, 1.807) is 0 Å². The topological polar surface area (TPSA) is 55.4 Å². The first-order chi connectivity index (χ1) is 14.3. The van der Waals surface area contributed by atoms with E-state index in [0.717, 1.165) is 47.5 Å². The van der Waals surface area contributed by atoms with Crippen molar-refractivity contribution in [2.45, 2.75) is 45.9 Å². The van der Waals surface area contributed by atoms with Gasteiger partial charge in [0.25, 0.3) is 0 Å². The van der Waals surface area contributed by atoms with Crippen molar-refractivity contribution in [3.8, 4) is 0 Å². The maximum absolute atomic E-state index is 13.2. The molecule has 0 aromatic heterocycles. The van der Waals surface area contributed by atoms with Crippen molar-refractivity contribution in [1.29, 1.82) is 0 Å². The van der Waals surface area contributed by atoms with Crippen molar-refractivity contribution in [2.75, 3.05) is 23.8 Å². The van der Waals surface area contributed by atoms with E-state index in [-0.39, 0.29) is 24.1 Å². The van der Waals surface area contributed by atoms with Gasteiger partial charge in [0.1, 0.15) is 0 Å². The molecule has 1 atom stereocenters. The number of ether oxygens (including phenoxy) is 1. The number of hydrogen-bond acceptors (Lipinski definition) is 3. The van der Waals surface area contributed by atoms with Crippen molar-refractivity contribution < 1.29 is 14.3 Å². The van der Waals surface area contributed by atoms with Gasteiger partial charge in [-0.2, -0.15) is 0 Å². The first-order valence-electron chi connectivity index (χ1n) is 10.6. The second-order valence-electron chi connectivity index (χ2n) is 8.52. The molecule has 0 bridgehead atoms. The Balaban J connectivity index is 1.68. The Kier molecular flexibility index (Phi) is 7.55. The summed E-state index contributed by atoms with van der Waals surface area (Å²) in [5.41, 5.74) is 3.55. The number of halogens is 1. The summed E-state index contributed by atoms with van der Waals surface area (Å²) < 4.78 is 5.56. The quantitative estimate of drug-likeness (QED) is 0.446. The van der Waals surface area contributed by atoms with E-state index in [1.807, 2.05) is 63.2 Å². The van der Waals surface area contributed by atoms with E-state index in [9.17, 15) is 9.59 Å². The minimum atomic E-state index is -2.11. The van der Waals surface area contributed by atoms with Crippen LogP contribution in [-0.2, 0) is 20.9 Å². The molecule has 2 aromatic rings. The molecule has 1 heterocycles. The van der Waals surface area contributed by atoms with Crippen molar-refractivity contribution in [1.82, 2.24) is 0 Å². The summed E-state index contributed by atoms with van der Waals surface area (Å²) in [5.74, 6) is -0.168. The molecular formula is C24H31ClNO3P. The number of amides is 1. The molecular weight excluding hydrogens is 417 g/mol. The number of esters is 1. The van der Waals surface area contributed by atoms with Crippen LogP contribution in [-0.4, -0.2) is 36.0 Å². The number of nitrogens with one attached hydrogen (secondary N) is 1. The number of anilines is 1. The van der Waals surface area contributed by atoms with E-state index < -0.39 is 7.26 Å². The van der Waals surface area contributed by atoms with Crippen LogP contribution < -0.4 is 5.32 Å². The minimum absolute atomic E-state index is 0.00736. The SMILES string of the molecule is Cc1cc(Cl)cc(C)c1NC(=O)C(C)[PH]1(CC(=O)OCc2ccccc2)CCCC1. The van der Waals surface area contributed by atoms with Crippen LogP contribution in [0.15, 0.2) is 42.5 Å². The van der Waals surface area contributed by atoms with Crippen LogP contribution in [0.2, 0.25) is 5.02 Å². The van der Waals surface area contributed by atoms with Gasteiger partial charge in [-0.3, -0.25) is 0 Å². The average Bonchev–Trinajstić information content (AvgIpc) is 3.18. The molecule has 162 valence electrons. The van der Waals surface area contributed by atoms with Crippen LogP contribution in [0.3, 0.4) is 0 Å². The Labute approximate surface area is 184 Å². The third kappa shape index (κ3) is 5.42. The molecule has 0 spiro atoms. The molecule has 1 aliphatic heterocycles. The third-order valence-electron chi connectivity index (χ3n) is 6.40.